The summed E-state index contributed by atoms with van der Waals surface area (Å²) < 4.78 is 51.8. The van der Waals surface area contributed by atoms with Crippen molar-refractivity contribution < 1.29 is 31.9 Å². The molecule has 35 heavy (non-hydrogen) atoms. The van der Waals surface area contributed by atoms with E-state index in [4.69, 9.17) is 9.47 Å². The number of hydrogen-bond acceptors (Lipinski definition) is 6. The Morgan fingerprint density at radius 1 is 1.06 bits per heavy atom. The fourth-order valence-electron chi connectivity index (χ4n) is 3.27. The molecular formula is C25H31FN2O6S. The second-order valence-corrected chi connectivity index (χ2v) is 10.0. The van der Waals surface area contributed by atoms with Crippen LogP contribution in [0.4, 0.5) is 4.39 Å². The Morgan fingerprint density at radius 2 is 1.69 bits per heavy atom. The van der Waals surface area contributed by atoms with E-state index in [1.165, 1.54) is 7.11 Å². The van der Waals surface area contributed by atoms with Gasteiger partial charge < -0.3 is 14.8 Å². The molecule has 0 fully saturated rings. The van der Waals surface area contributed by atoms with Crippen molar-refractivity contribution in [2.45, 2.75) is 43.7 Å². The minimum absolute atomic E-state index is 0.0103. The van der Waals surface area contributed by atoms with E-state index in [0.29, 0.717) is 24.3 Å². The third-order valence-electron chi connectivity index (χ3n) is 4.98. The lowest BCUT2D eigenvalue weighted by atomic mass is 10.0. The molecule has 0 aliphatic carbocycles. The van der Waals surface area contributed by atoms with Crippen LogP contribution in [0.15, 0.2) is 66.1 Å². The van der Waals surface area contributed by atoms with Gasteiger partial charge in [-0.15, -0.1) is 0 Å². The number of carbonyl (C=O) groups is 2. The van der Waals surface area contributed by atoms with Gasteiger partial charge in [-0.3, -0.25) is 4.79 Å². The first-order chi connectivity index (χ1) is 16.6. The minimum atomic E-state index is -4.18. The first-order valence-corrected chi connectivity index (χ1v) is 12.5. The topological polar surface area (TPSA) is 111 Å². The second-order valence-electron chi connectivity index (χ2n) is 8.29. The molecule has 10 heteroatoms. The van der Waals surface area contributed by atoms with Crippen LogP contribution in [0.3, 0.4) is 0 Å². The highest BCUT2D eigenvalue weighted by Crippen LogP contribution is 2.16. The second kappa shape index (κ2) is 13.0. The van der Waals surface area contributed by atoms with Crippen LogP contribution in [0, 0.1) is 11.7 Å². The van der Waals surface area contributed by atoms with Crippen molar-refractivity contribution in [2.24, 2.45) is 5.92 Å². The van der Waals surface area contributed by atoms with E-state index in [2.05, 4.69) is 16.6 Å². The number of nitrogens with one attached hydrogen (secondary N) is 2. The quantitative estimate of drug-likeness (QED) is 0.319. The van der Waals surface area contributed by atoms with Crippen LogP contribution in [0.1, 0.15) is 25.8 Å². The largest absolute Gasteiger partial charge is 0.490 e. The van der Waals surface area contributed by atoms with Gasteiger partial charge in [0.1, 0.15) is 30.3 Å². The van der Waals surface area contributed by atoms with Crippen LogP contribution in [-0.2, 0) is 30.8 Å². The predicted molar refractivity (Wildman–Crippen MR) is 130 cm³/mol. The van der Waals surface area contributed by atoms with Gasteiger partial charge >= 0.3 is 5.97 Å². The fraction of sp³-hybridized carbons (Fsp3) is 0.360. The Hall–Kier alpha value is -3.24. The average Bonchev–Trinajstić information content (AvgIpc) is 2.82. The van der Waals surface area contributed by atoms with Crippen molar-refractivity contribution in [3.63, 3.8) is 0 Å². The van der Waals surface area contributed by atoms with Crippen LogP contribution >= 0.6 is 0 Å². The van der Waals surface area contributed by atoms with Gasteiger partial charge in [0.05, 0.1) is 12.0 Å². The van der Waals surface area contributed by atoms with Crippen molar-refractivity contribution in [1.82, 2.24) is 10.0 Å². The molecule has 2 aromatic rings. The maximum Gasteiger partial charge on any atom is 0.328 e. The number of benzene rings is 2. The van der Waals surface area contributed by atoms with Gasteiger partial charge in [0, 0.05) is 0 Å². The van der Waals surface area contributed by atoms with E-state index in [0.717, 1.165) is 24.3 Å². The van der Waals surface area contributed by atoms with Crippen LogP contribution in [0.25, 0.3) is 0 Å². The smallest absolute Gasteiger partial charge is 0.328 e. The Morgan fingerprint density at radius 3 is 2.23 bits per heavy atom. The molecule has 0 radical (unpaired) electrons. The van der Waals surface area contributed by atoms with Gasteiger partial charge in [0.2, 0.25) is 15.9 Å². The summed E-state index contributed by atoms with van der Waals surface area (Å²) in [6.07, 6.45) is 1.90. The third kappa shape index (κ3) is 8.80. The number of amides is 1. The molecule has 8 nitrogen and oxygen atoms in total. The van der Waals surface area contributed by atoms with E-state index in [1.807, 2.05) is 13.8 Å². The molecule has 0 bridgehead atoms. The lowest BCUT2D eigenvalue weighted by Gasteiger charge is -2.23. The van der Waals surface area contributed by atoms with Crippen LogP contribution in [-0.4, -0.2) is 46.1 Å². The molecule has 2 aromatic carbocycles. The molecular weight excluding hydrogens is 475 g/mol. The summed E-state index contributed by atoms with van der Waals surface area (Å²) in [5, 5.41) is 2.61. The molecule has 0 aliphatic heterocycles. The van der Waals surface area contributed by atoms with Gasteiger partial charge in [0.25, 0.3) is 0 Å². The van der Waals surface area contributed by atoms with E-state index < -0.39 is 39.8 Å². The third-order valence-corrected chi connectivity index (χ3v) is 6.47. The first-order valence-electron chi connectivity index (χ1n) is 11.0. The zero-order valence-corrected chi connectivity index (χ0v) is 20.8. The molecule has 0 heterocycles. The number of esters is 1. The molecule has 0 aliphatic rings. The van der Waals surface area contributed by atoms with Gasteiger partial charge in [-0.05, 0) is 60.7 Å². The lowest BCUT2D eigenvalue weighted by molar-refractivity contribution is -0.145. The zero-order chi connectivity index (χ0) is 26.0. The number of hydrogen-bond donors (Lipinski definition) is 2. The highest BCUT2D eigenvalue weighted by molar-refractivity contribution is 7.89. The summed E-state index contributed by atoms with van der Waals surface area (Å²) in [5.41, 5.74) is 0.649. The van der Waals surface area contributed by atoms with Crippen LogP contribution < -0.4 is 14.8 Å². The van der Waals surface area contributed by atoms with Crippen molar-refractivity contribution in [1.29, 1.82) is 0 Å². The Kier molecular flexibility index (Phi) is 10.4. The molecule has 0 aromatic heterocycles. The maximum absolute atomic E-state index is 13.3. The number of halogens is 1. The molecule has 2 unspecified atom stereocenters. The number of carbonyl (C=O) groups excluding carboxylic acids is 2. The molecule has 2 rings (SSSR count). The van der Waals surface area contributed by atoms with Crippen molar-refractivity contribution in [3.05, 3.63) is 72.6 Å². The molecule has 190 valence electrons. The fourth-order valence-corrected chi connectivity index (χ4v) is 4.47. The van der Waals surface area contributed by atoms with Crippen molar-refractivity contribution >= 4 is 21.9 Å². The minimum Gasteiger partial charge on any atom is -0.490 e. The maximum atomic E-state index is 13.3. The highest BCUT2D eigenvalue weighted by Gasteiger charge is 2.30. The summed E-state index contributed by atoms with van der Waals surface area (Å²) in [6, 6.07) is 8.83. The summed E-state index contributed by atoms with van der Waals surface area (Å²) >= 11 is 0. The van der Waals surface area contributed by atoms with E-state index >= 15 is 0 Å². The Bertz CT molecular complexity index is 1100. The molecule has 2 atom stereocenters. The number of ether oxygens (including phenoxy) is 2. The van der Waals surface area contributed by atoms with Gasteiger partial charge in [-0.1, -0.05) is 38.6 Å². The Labute approximate surface area is 205 Å². The van der Waals surface area contributed by atoms with E-state index in [9.17, 15) is 22.4 Å². The molecule has 1 amide bonds. The summed E-state index contributed by atoms with van der Waals surface area (Å²) in [6.45, 7) is 7.68. The number of sulfonamides is 1. The average molecular weight is 507 g/mol. The zero-order valence-electron chi connectivity index (χ0n) is 20.0. The monoisotopic (exact) mass is 506 g/mol. The van der Waals surface area contributed by atoms with Crippen molar-refractivity contribution in [2.75, 3.05) is 13.7 Å². The molecule has 0 saturated heterocycles. The van der Waals surface area contributed by atoms with E-state index in [1.54, 1.807) is 30.3 Å². The molecule has 0 saturated carbocycles. The molecule has 2 N–H and O–H groups in total. The predicted octanol–water partition coefficient (Wildman–Crippen LogP) is 2.98. The van der Waals surface area contributed by atoms with Crippen LogP contribution in [0.5, 0.6) is 5.75 Å². The van der Waals surface area contributed by atoms with E-state index in [-0.39, 0.29) is 17.2 Å². The van der Waals surface area contributed by atoms with Gasteiger partial charge in [-0.25, -0.2) is 17.6 Å². The van der Waals surface area contributed by atoms with Crippen LogP contribution in [0.2, 0.25) is 0 Å². The summed E-state index contributed by atoms with van der Waals surface area (Å²) in [5.74, 6) is -1.26. The summed E-state index contributed by atoms with van der Waals surface area (Å²) in [7, 11) is -2.96. The van der Waals surface area contributed by atoms with Gasteiger partial charge in [0.15, 0.2) is 0 Å². The van der Waals surface area contributed by atoms with Crippen molar-refractivity contribution in [3.8, 4) is 5.75 Å². The van der Waals surface area contributed by atoms with Gasteiger partial charge in [-0.2, -0.15) is 4.72 Å². The first kappa shape index (κ1) is 28.0. The normalized spacial score (nSPS) is 13.1. The lowest BCUT2D eigenvalue weighted by Crippen LogP contribution is -2.52. The highest BCUT2D eigenvalue weighted by atomic mass is 32.2. The number of rotatable bonds is 13. The Balaban J connectivity index is 2.31. The standard InChI is InChI=1S/C25H31FN2O6S/c1-5-14-34-20-10-6-18(7-11-20)16-22(24(29)27-23(15-17(2)3)25(30)33-4)28-35(31,32)21-12-8-19(26)9-13-21/h5-13,17,22-23,28H,1,14-16H2,2-4H3,(H,27,29). The number of methoxy groups -OCH3 is 1. The molecule has 0 spiro atoms. The summed E-state index contributed by atoms with van der Waals surface area (Å²) in [4.78, 5) is 25.2. The SMILES string of the molecule is C=CCOc1ccc(CC(NS(=O)(=O)c2ccc(F)cc2)C(=O)NC(CC(C)C)C(=O)OC)cc1.